The number of fused-ring (bicyclic) bond motifs is 1. The van der Waals surface area contributed by atoms with E-state index in [1.165, 1.54) is 0 Å². The van der Waals surface area contributed by atoms with Crippen LogP contribution in [0.3, 0.4) is 0 Å². The molecule has 0 aromatic heterocycles. The molecule has 4 heteroatoms. The highest BCUT2D eigenvalue weighted by atomic mass is 16.5. The largest absolute Gasteiger partial charge is 0.497 e. The second-order valence-electron chi connectivity index (χ2n) is 6.41. The Morgan fingerprint density at radius 1 is 1.09 bits per heavy atom. The predicted octanol–water partition coefficient (Wildman–Crippen LogP) is 3.71. The van der Waals surface area contributed by atoms with E-state index < -0.39 is 17.5 Å². The average molecular weight is 314 g/mol. The van der Waals surface area contributed by atoms with E-state index in [0.717, 1.165) is 35.8 Å². The maximum absolute atomic E-state index is 11.9. The molecule has 1 aliphatic carbocycles. The molecule has 1 fully saturated rings. The molecule has 122 valence electrons. The number of ether oxygens (including phenoxy) is 1. The molecule has 0 radical (unpaired) electrons. The van der Waals surface area contributed by atoms with E-state index in [1.807, 2.05) is 36.4 Å². The number of hydrogen-bond donors (Lipinski definition) is 2. The van der Waals surface area contributed by atoms with Crippen LogP contribution in [0.4, 0.5) is 0 Å². The van der Waals surface area contributed by atoms with Crippen LogP contribution in [0, 0.1) is 0 Å². The lowest BCUT2D eigenvalue weighted by Crippen LogP contribution is -2.42. The van der Waals surface area contributed by atoms with E-state index >= 15 is 0 Å². The fraction of sp³-hybridized carbons (Fsp3) is 0.421. The van der Waals surface area contributed by atoms with Crippen LogP contribution >= 0.6 is 0 Å². The molecule has 0 saturated heterocycles. The van der Waals surface area contributed by atoms with Crippen LogP contribution in [-0.4, -0.2) is 28.9 Å². The quantitative estimate of drug-likeness (QED) is 0.903. The van der Waals surface area contributed by atoms with Crippen LogP contribution in [0.1, 0.15) is 43.6 Å². The smallest absolute Gasteiger partial charge is 0.313 e. The number of benzene rings is 2. The van der Waals surface area contributed by atoms with Gasteiger partial charge in [0.05, 0.1) is 12.7 Å². The van der Waals surface area contributed by atoms with Crippen molar-refractivity contribution < 1.29 is 19.7 Å². The molecule has 23 heavy (non-hydrogen) atoms. The lowest BCUT2D eigenvalue weighted by molar-refractivity contribution is -0.147. The molecule has 0 amide bonds. The van der Waals surface area contributed by atoms with Crippen LogP contribution in [0.25, 0.3) is 10.8 Å². The number of carbonyl (C=O) groups is 1. The number of aliphatic carboxylic acids is 1. The van der Waals surface area contributed by atoms with E-state index in [1.54, 1.807) is 7.11 Å². The summed E-state index contributed by atoms with van der Waals surface area (Å²) in [7, 11) is 1.62. The van der Waals surface area contributed by atoms with E-state index in [-0.39, 0.29) is 0 Å². The van der Waals surface area contributed by atoms with Gasteiger partial charge in [-0.1, -0.05) is 43.5 Å². The van der Waals surface area contributed by atoms with Crippen LogP contribution in [0.15, 0.2) is 36.4 Å². The van der Waals surface area contributed by atoms with E-state index in [4.69, 9.17) is 4.74 Å². The third kappa shape index (κ3) is 3.04. The molecule has 2 aromatic rings. The van der Waals surface area contributed by atoms with Gasteiger partial charge < -0.3 is 14.9 Å². The van der Waals surface area contributed by atoms with Gasteiger partial charge in [0, 0.05) is 0 Å². The molecule has 0 unspecified atom stereocenters. The fourth-order valence-electron chi connectivity index (χ4n) is 3.68. The summed E-state index contributed by atoms with van der Waals surface area (Å²) < 4.78 is 5.22. The number of hydrogen-bond acceptors (Lipinski definition) is 3. The second kappa shape index (κ2) is 6.20. The summed E-state index contributed by atoms with van der Waals surface area (Å²) in [5, 5.41) is 22.6. The summed E-state index contributed by atoms with van der Waals surface area (Å²) in [6, 6.07) is 11.3. The van der Waals surface area contributed by atoms with Gasteiger partial charge in [-0.15, -0.1) is 0 Å². The highest BCUT2D eigenvalue weighted by Crippen LogP contribution is 2.41. The zero-order valence-electron chi connectivity index (χ0n) is 13.3. The topological polar surface area (TPSA) is 66.8 Å². The minimum atomic E-state index is -1.15. The summed E-state index contributed by atoms with van der Waals surface area (Å²) in [5.74, 6) is -1.07. The van der Waals surface area contributed by atoms with Crippen LogP contribution in [0.2, 0.25) is 0 Å². The molecule has 1 atom stereocenters. The molecule has 0 aliphatic heterocycles. The number of carboxylic acids is 1. The minimum Gasteiger partial charge on any atom is -0.497 e. The SMILES string of the molecule is COc1ccc2cc([C@@H](C(=O)O)C3(O)CCCCC3)ccc2c1. The molecule has 2 aromatic carbocycles. The molecule has 0 spiro atoms. The molecule has 3 rings (SSSR count). The van der Waals surface area contributed by atoms with E-state index in [0.29, 0.717) is 18.4 Å². The van der Waals surface area contributed by atoms with Gasteiger partial charge in [0.1, 0.15) is 11.7 Å². The Hall–Kier alpha value is -2.07. The first-order valence-electron chi connectivity index (χ1n) is 8.06. The Balaban J connectivity index is 2.02. The summed E-state index contributed by atoms with van der Waals surface area (Å²) in [6.07, 6.45) is 3.91. The number of carboxylic acid groups (broad SMARTS) is 1. The van der Waals surface area contributed by atoms with Gasteiger partial charge in [-0.25, -0.2) is 0 Å². The number of rotatable bonds is 4. The summed E-state index contributed by atoms with van der Waals surface area (Å²) >= 11 is 0. The Kier molecular flexibility index (Phi) is 4.26. The summed E-state index contributed by atoms with van der Waals surface area (Å²) in [5.41, 5.74) is -0.482. The van der Waals surface area contributed by atoms with Crippen LogP contribution in [0.5, 0.6) is 5.75 Å². The average Bonchev–Trinajstić information content (AvgIpc) is 2.54. The van der Waals surface area contributed by atoms with Crippen LogP contribution < -0.4 is 4.74 Å². The van der Waals surface area contributed by atoms with Crippen molar-refractivity contribution in [1.82, 2.24) is 0 Å². The highest BCUT2D eigenvalue weighted by Gasteiger charge is 2.43. The van der Waals surface area contributed by atoms with Gasteiger partial charge in [0.2, 0.25) is 0 Å². The van der Waals surface area contributed by atoms with E-state index in [9.17, 15) is 15.0 Å². The zero-order chi connectivity index (χ0) is 16.4. The van der Waals surface area contributed by atoms with Gasteiger partial charge >= 0.3 is 5.97 Å². The van der Waals surface area contributed by atoms with Crippen molar-refractivity contribution in [2.24, 2.45) is 0 Å². The maximum Gasteiger partial charge on any atom is 0.313 e. The third-order valence-electron chi connectivity index (χ3n) is 4.91. The normalized spacial score (nSPS) is 18.5. The van der Waals surface area contributed by atoms with Crippen molar-refractivity contribution in [3.05, 3.63) is 42.0 Å². The van der Waals surface area contributed by atoms with Gasteiger partial charge in [-0.2, -0.15) is 0 Å². The first-order valence-corrected chi connectivity index (χ1v) is 8.06. The molecule has 2 N–H and O–H groups in total. The van der Waals surface area contributed by atoms with Crippen molar-refractivity contribution in [3.63, 3.8) is 0 Å². The van der Waals surface area contributed by atoms with Crippen LogP contribution in [-0.2, 0) is 4.79 Å². The highest BCUT2D eigenvalue weighted by molar-refractivity contribution is 5.87. The minimum absolute atomic E-state index is 0.546. The molecule has 0 heterocycles. The third-order valence-corrected chi connectivity index (χ3v) is 4.91. The monoisotopic (exact) mass is 314 g/mol. The van der Waals surface area contributed by atoms with Crippen molar-refractivity contribution in [2.75, 3.05) is 7.11 Å². The van der Waals surface area contributed by atoms with Gasteiger partial charge in [0.25, 0.3) is 0 Å². The molecule has 0 bridgehead atoms. The Labute approximate surface area is 135 Å². The second-order valence-corrected chi connectivity index (χ2v) is 6.41. The molecule has 1 aliphatic rings. The Morgan fingerprint density at radius 2 is 1.74 bits per heavy atom. The Morgan fingerprint density at radius 3 is 2.39 bits per heavy atom. The lowest BCUT2D eigenvalue weighted by atomic mass is 9.72. The Bertz CT molecular complexity index is 716. The van der Waals surface area contributed by atoms with Gasteiger partial charge in [0.15, 0.2) is 0 Å². The lowest BCUT2D eigenvalue weighted by Gasteiger charge is -2.37. The van der Waals surface area contributed by atoms with Gasteiger partial charge in [-0.3, -0.25) is 4.79 Å². The first-order chi connectivity index (χ1) is 11.0. The number of aliphatic hydroxyl groups is 1. The van der Waals surface area contributed by atoms with Crippen molar-refractivity contribution in [2.45, 2.75) is 43.6 Å². The molecule has 4 nitrogen and oxygen atoms in total. The zero-order valence-corrected chi connectivity index (χ0v) is 13.3. The van der Waals surface area contributed by atoms with Gasteiger partial charge in [-0.05, 0) is 41.3 Å². The first kappa shape index (κ1) is 15.8. The standard InChI is InChI=1S/C19H22O4/c1-23-16-8-7-13-11-15(6-5-14(13)12-16)17(18(20)21)19(22)9-3-2-4-10-19/h5-8,11-12,17,22H,2-4,9-10H2,1H3,(H,20,21)/t17-/m0/s1. The van der Waals surface area contributed by atoms with Crippen molar-refractivity contribution in [3.8, 4) is 5.75 Å². The molecular formula is C19H22O4. The van der Waals surface area contributed by atoms with Crippen molar-refractivity contribution >= 4 is 16.7 Å². The molecular weight excluding hydrogens is 292 g/mol. The maximum atomic E-state index is 11.9. The van der Waals surface area contributed by atoms with E-state index in [2.05, 4.69) is 0 Å². The molecule has 1 saturated carbocycles. The summed E-state index contributed by atoms with van der Waals surface area (Å²) in [4.78, 5) is 11.9. The summed E-state index contributed by atoms with van der Waals surface area (Å²) in [6.45, 7) is 0. The van der Waals surface area contributed by atoms with Crippen molar-refractivity contribution in [1.29, 1.82) is 0 Å². The number of methoxy groups -OCH3 is 1. The predicted molar refractivity (Wildman–Crippen MR) is 88.9 cm³/mol. The fourth-order valence-corrected chi connectivity index (χ4v) is 3.68.